The molecule has 152 valence electrons. The van der Waals surface area contributed by atoms with Crippen molar-refractivity contribution in [2.75, 3.05) is 14.2 Å². The fourth-order valence-corrected chi connectivity index (χ4v) is 3.56. The smallest absolute Gasteiger partial charge is 0.315 e. The molecule has 28 heavy (non-hydrogen) atoms. The second kappa shape index (κ2) is 9.57. The van der Waals surface area contributed by atoms with Crippen LogP contribution in [0.25, 0.3) is 0 Å². The van der Waals surface area contributed by atoms with Crippen LogP contribution in [0.1, 0.15) is 31.0 Å². The van der Waals surface area contributed by atoms with Crippen LogP contribution < -0.4 is 20.1 Å². The van der Waals surface area contributed by atoms with Crippen molar-refractivity contribution in [2.45, 2.75) is 31.3 Å². The summed E-state index contributed by atoms with van der Waals surface area (Å²) in [7, 11) is -0.551. The Bertz CT molecular complexity index is 896. The first-order valence-electron chi connectivity index (χ1n) is 8.97. The summed E-state index contributed by atoms with van der Waals surface area (Å²) in [6, 6.07) is 13.5. The third kappa shape index (κ3) is 5.71. The molecule has 2 aromatic rings. The Kier molecular flexibility index (Phi) is 7.42. The first kappa shape index (κ1) is 21.7. The zero-order valence-corrected chi connectivity index (χ0v) is 17.3. The van der Waals surface area contributed by atoms with Crippen molar-refractivity contribution in [3.8, 4) is 5.75 Å². The first-order chi connectivity index (χ1) is 13.3. The molecule has 0 aliphatic carbocycles. The molecule has 8 heteroatoms. The van der Waals surface area contributed by atoms with Gasteiger partial charge in [0.1, 0.15) is 5.75 Å². The van der Waals surface area contributed by atoms with Gasteiger partial charge in [0.2, 0.25) is 10.0 Å². The van der Waals surface area contributed by atoms with Gasteiger partial charge in [0, 0.05) is 6.54 Å². The van der Waals surface area contributed by atoms with Crippen molar-refractivity contribution in [3.63, 3.8) is 0 Å². The fourth-order valence-electron chi connectivity index (χ4n) is 2.76. The van der Waals surface area contributed by atoms with Crippen LogP contribution in [-0.4, -0.2) is 28.6 Å². The summed E-state index contributed by atoms with van der Waals surface area (Å²) >= 11 is 0. The molecule has 2 aromatic carbocycles. The van der Waals surface area contributed by atoms with E-state index in [0.29, 0.717) is 5.56 Å². The summed E-state index contributed by atoms with van der Waals surface area (Å²) in [6.45, 7) is 4.27. The second-order valence-electron chi connectivity index (χ2n) is 6.68. The molecule has 1 unspecified atom stereocenters. The predicted octanol–water partition coefficient (Wildman–Crippen LogP) is 2.80. The number of ether oxygens (including phenoxy) is 1. The number of hydrogen-bond acceptors (Lipinski definition) is 4. The molecule has 0 spiro atoms. The summed E-state index contributed by atoms with van der Waals surface area (Å²) in [4.78, 5) is 12.5. The summed E-state index contributed by atoms with van der Waals surface area (Å²) < 4.78 is 31.2. The number of urea groups is 1. The molecule has 0 aliphatic rings. The molecule has 2 amide bonds. The molecule has 0 radical (unpaired) electrons. The van der Waals surface area contributed by atoms with Gasteiger partial charge in [-0.25, -0.2) is 17.9 Å². The van der Waals surface area contributed by atoms with Crippen LogP contribution in [0.4, 0.5) is 4.79 Å². The topological polar surface area (TPSA) is 96.5 Å². The maximum Gasteiger partial charge on any atom is 0.315 e. The number of sulfonamides is 1. The van der Waals surface area contributed by atoms with Crippen LogP contribution in [0.5, 0.6) is 5.75 Å². The number of carbonyl (C=O) groups is 1. The van der Waals surface area contributed by atoms with Gasteiger partial charge in [-0.3, -0.25) is 0 Å². The van der Waals surface area contributed by atoms with E-state index in [0.717, 1.165) is 11.3 Å². The van der Waals surface area contributed by atoms with Crippen LogP contribution in [0.3, 0.4) is 0 Å². The Morgan fingerprint density at radius 1 is 1.11 bits per heavy atom. The molecular formula is C20H27N3O4S. The van der Waals surface area contributed by atoms with Gasteiger partial charge in [-0.05, 0) is 48.4 Å². The molecule has 0 heterocycles. The van der Waals surface area contributed by atoms with Crippen LogP contribution in [0, 0.1) is 5.92 Å². The quantitative estimate of drug-likeness (QED) is 0.629. The molecular weight excluding hydrogens is 378 g/mol. The average molecular weight is 406 g/mol. The minimum absolute atomic E-state index is 0.160. The second-order valence-corrected chi connectivity index (χ2v) is 8.56. The predicted molar refractivity (Wildman–Crippen MR) is 109 cm³/mol. The largest absolute Gasteiger partial charge is 0.497 e. The zero-order valence-electron chi connectivity index (χ0n) is 16.5. The van der Waals surface area contributed by atoms with Gasteiger partial charge in [0.25, 0.3) is 0 Å². The Morgan fingerprint density at radius 3 is 2.36 bits per heavy atom. The molecule has 0 fully saturated rings. The van der Waals surface area contributed by atoms with Crippen molar-refractivity contribution in [1.82, 2.24) is 15.4 Å². The van der Waals surface area contributed by atoms with Crippen LogP contribution in [0.15, 0.2) is 53.4 Å². The third-order valence-corrected chi connectivity index (χ3v) is 5.77. The van der Waals surface area contributed by atoms with Crippen molar-refractivity contribution in [3.05, 3.63) is 59.7 Å². The summed E-state index contributed by atoms with van der Waals surface area (Å²) in [6.07, 6.45) is 0. The number of carbonyl (C=O) groups excluding carboxylic acids is 1. The number of amides is 2. The Morgan fingerprint density at radius 2 is 1.79 bits per heavy atom. The molecule has 0 bridgehead atoms. The Labute approximate surface area is 166 Å². The van der Waals surface area contributed by atoms with E-state index >= 15 is 0 Å². The number of hydrogen-bond donors (Lipinski definition) is 3. The van der Waals surface area contributed by atoms with E-state index in [1.165, 1.54) is 19.2 Å². The van der Waals surface area contributed by atoms with Crippen LogP contribution >= 0.6 is 0 Å². The van der Waals surface area contributed by atoms with Gasteiger partial charge >= 0.3 is 6.03 Å². The maximum absolute atomic E-state index is 12.4. The monoisotopic (exact) mass is 405 g/mol. The summed E-state index contributed by atoms with van der Waals surface area (Å²) in [5.74, 6) is 0.940. The standard InChI is InChI=1S/C20H27N3O4S/c1-14(2)19(16-8-10-17(27-4)11-9-16)23-20(24)22-13-15-6-5-7-18(12-15)28(25,26)21-3/h5-12,14,19,21H,13H2,1-4H3,(H2,22,23,24). The lowest BCUT2D eigenvalue weighted by Gasteiger charge is -2.23. The van der Waals surface area contributed by atoms with Gasteiger partial charge in [0.15, 0.2) is 0 Å². The first-order valence-corrected chi connectivity index (χ1v) is 10.5. The lowest BCUT2D eigenvalue weighted by molar-refractivity contribution is 0.232. The molecule has 0 aromatic heterocycles. The number of methoxy groups -OCH3 is 1. The van der Waals surface area contributed by atoms with E-state index in [1.54, 1.807) is 19.2 Å². The van der Waals surface area contributed by atoms with E-state index in [2.05, 4.69) is 15.4 Å². The zero-order chi connectivity index (χ0) is 20.7. The molecule has 0 aliphatic heterocycles. The number of benzene rings is 2. The molecule has 7 nitrogen and oxygen atoms in total. The molecule has 2 rings (SSSR count). The highest BCUT2D eigenvalue weighted by Gasteiger charge is 2.18. The molecule has 1 atom stereocenters. The normalized spacial score (nSPS) is 12.5. The van der Waals surface area contributed by atoms with Gasteiger partial charge in [-0.2, -0.15) is 0 Å². The maximum atomic E-state index is 12.4. The van der Waals surface area contributed by atoms with Crippen LogP contribution in [0.2, 0.25) is 0 Å². The molecule has 0 saturated carbocycles. The SMILES string of the molecule is CNS(=O)(=O)c1cccc(CNC(=O)NC(c2ccc(OC)cc2)C(C)C)c1. The molecule has 0 saturated heterocycles. The van der Waals surface area contributed by atoms with Crippen molar-refractivity contribution < 1.29 is 17.9 Å². The van der Waals surface area contributed by atoms with E-state index in [4.69, 9.17) is 4.74 Å². The molecule has 3 N–H and O–H groups in total. The van der Waals surface area contributed by atoms with Gasteiger partial charge in [-0.1, -0.05) is 38.1 Å². The minimum atomic E-state index is -3.52. The van der Waals surface area contributed by atoms with E-state index < -0.39 is 10.0 Å². The highest BCUT2D eigenvalue weighted by Crippen LogP contribution is 2.23. The Hall–Kier alpha value is -2.58. The van der Waals surface area contributed by atoms with Gasteiger partial charge < -0.3 is 15.4 Å². The fraction of sp³-hybridized carbons (Fsp3) is 0.350. The van der Waals surface area contributed by atoms with E-state index in [1.807, 2.05) is 38.1 Å². The summed E-state index contributed by atoms with van der Waals surface area (Å²) in [5, 5.41) is 5.76. The van der Waals surface area contributed by atoms with Crippen molar-refractivity contribution >= 4 is 16.1 Å². The lowest BCUT2D eigenvalue weighted by Crippen LogP contribution is -2.39. The van der Waals surface area contributed by atoms with Crippen molar-refractivity contribution in [2.24, 2.45) is 5.92 Å². The number of nitrogens with one attached hydrogen (secondary N) is 3. The van der Waals surface area contributed by atoms with Crippen LogP contribution in [-0.2, 0) is 16.6 Å². The highest BCUT2D eigenvalue weighted by atomic mass is 32.2. The Balaban J connectivity index is 2.02. The third-order valence-electron chi connectivity index (χ3n) is 4.36. The van der Waals surface area contributed by atoms with Crippen molar-refractivity contribution in [1.29, 1.82) is 0 Å². The highest BCUT2D eigenvalue weighted by molar-refractivity contribution is 7.89. The summed E-state index contributed by atoms with van der Waals surface area (Å²) in [5.41, 5.74) is 1.67. The van der Waals surface area contributed by atoms with Gasteiger partial charge in [0.05, 0.1) is 18.0 Å². The lowest BCUT2D eigenvalue weighted by atomic mass is 9.96. The van der Waals surface area contributed by atoms with E-state index in [-0.39, 0.29) is 29.4 Å². The van der Waals surface area contributed by atoms with Gasteiger partial charge in [-0.15, -0.1) is 0 Å². The minimum Gasteiger partial charge on any atom is -0.497 e. The van der Waals surface area contributed by atoms with E-state index in [9.17, 15) is 13.2 Å². The average Bonchev–Trinajstić information content (AvgIpc) is 2.70. The number of rotatable bonds is 8.